The minimum atomic E-state index is -0.605. The smallest absolute Gasteiger partial charge is 0.123 e. The number of hydrogen-bond acceptors (Lipinski definition) is 4. The fourth-order valence-electron chi connectivity index (χ4n) is 1.31. The monoisotopic (exact) mass is 243 g/mol. The number of aliphatic hydroxyl groups is 1. The molecule has 0 amide bonds. The van der Waals surface area contributed by atoms with E-state index in [0.29, 0.717) is 15.8 Å². The molecule has 0 saturated carbocycles. The maximum Gasteiger partial charge on any atom is 0.123 e. The van der Waals surface area contributed by atoms with Crippen LogP contribution >= 0.6 is 22.9 Å². The summed E-state index contributed by atoms with van der Waals surface area (Å²) in [6, 6.07) is 0. The zero-order chi connectivity index (χ0) is 10.8. The summed E-state index contributed by atoms with van der Waals surface area (Å²) in [5.41, 5.74) is 0.983. The van der Waals surface area contributed by atoms with Gasteiger partial charge in [-0.1, -0.05) is 11.6 Å². The van der Waals surface area contributed by atoms with Crippen LogP contribution in [-0.4, -0.2) is 19.9 Å². The normalized spacial score (nSPS) is 13.0. The third-order valence-electron chi connectivity index (χ3n) is 1.97. The van der Waals surface area contributed by atoms with E-state index < -0.39 is 6.10 Å². The van der Waals surface area contributed by atoms with Crippen molar-refractivity contribution in [2.45, 2.75) is 12.5 Å². The van der Waals surface area contributed by atoms with Crippen LogP contribution in [0.4, 0.5) is 0 Å². The molecule has 0 aliphatic heterocycles. The molecule has 2 heterocycles. The van der Waals surface area contributed by atoms with E-state index in [1.54, 1.807) is 17.1 Å². The van der Waals surface area contributed by atoms with Crippen molar-refractivity contribution in [1.82, 2.24) is 14.8 Å². The molecule has 0 bridgehead atoms. The first-order valence-electron chi connectivity index (χ1n) is 4.42. The molecule has 4 nitrogen and oxygen atoms in total. The van der Waals surface area contributed by atoms with Crippen LogP contribution in [-0.2, 0) is 13.5 Å². The van der Waals surface area contributed by atoms with Crippen molar-refractivity contribution in [1.29, 1.82) is 0 Å². The lowest BCUT2D eigenvalue weighted by Crippen LogP contribution is -2.00. The van der Waals surface area contributed by atoms with Crippen molar-refractivity contribution >= 4 is 22.9 Å². The van der Waals surface area contributed by atoms with E-state index in [1.165, 1.54) is 11.3 Å². The Morgan fingerprint density at radius 2 is 2.40 bits per heavy atom. The van der Waals surface area contributed by atoms with Crippen LogP contribution in [0.25, 0.3) is 0 Å². The largest absolute Gasteiger partial charge is 0.386 e. The Hall–Kier alpha value is -0.910. The second kappa shape index (κ2) is 4.30. The van der Waals surface area contributed by atoms with E-state index in [0.717, 1.165) is 5.56 Å². The van der Waals surface area contributed by atoms with Gasteiger partial charge >= 0.3 is 0 Å². The fraction of sp³-hybridized carbons (Fsp3) is 0.333. The molecule has 0 radical (unpaired) electrons. The van der Waals surface area contributed by atoms with Crippen LogP contribution in [0.3, 0.4) is 0 Å². The van der Waals surface area contributed by atoms with Gasteiger partial charge in [-0.2, -0.15) is 5.10 Å². The number of thiazole rings is 1. The highest BCUT2D eigenvalue weighted by Crippen LogP contribution is 2.25. The van der Waals surface area contributed by atoms with E-state index in [2.05, 4.69) is 10.1 Å². The number of aromatic nitrogens is 3. The number of aryl methyl sites for hydroxylation is 1. The van der Waals surface area contributed by atoms with E-state index >= 15 is 0 Å². The van der Waals surface area contributed by atoms with Gasteiger partial charge in [0.15, 0.2) is 0 Å². The molecule has 0 saturated heterocycles. The lowest BCUT2D eigenvalue weighted by atomic mass is 10.2. The topological polar surface area (TPSA) is 50.9 Å². The van der Waals surface area contributed by atoms with Gasteiger partial charge in [-0.3, -0.25) is 4.68 Å². The molecular formula is C9H10ClN3OS. The number of halogens is 1. The Kier molecular flexibility index (Phi) is 3.04. The Morgan fingerprint density at radius 1 is 1.60 bits per heavy atom. The second-order valence-corrected chi connectivity index (χ2v) is 4.94. The number of hydrogen-bond donors (Lipinski definition) is 1. The molecule has 0 aliphatic carbocycles. The SMILES string of the molecule is Cn1cc(CC(O)c2ncc(Cl)s2)cn1. The molecule has 1 unspecified atom stereocenters. The van der Waals surface area contributed by atoms with Gasteiger partial charge in [-0.15, -0.1) is 11.3 Å². The summed E-state index contributed by atoms with van der Waals surface area (Å²) < 4.78 is 2.30. The molecule has 2 aromatic heterocycles. The molecule has 0 aliphatic rings. The van der Waals surface area contributed by atoms with Gasteiger partial charge in [0.25, 0.3) is 0 Å². The molecule has 1 N–H and O–H groups in total. The lowest BCUT2D eigenvalue weighted by molar-refractivity contribution is 0.178. The molecule has 2 rings (SSSR count). The molecule has 0 aromatic carbocycles. The maximum atomic E-state index is 9.85. The first kappa shape index (κ1) is 10.6. The minimum absolute atomic E-state index is 0.512. The zero-order valence-corrected chi connectivity index (χ0v) is 9.66. The zero-order valence-electron chi connectivity index (χ0n) is 8.09. The van der Waals surface area contributed by atoms with Crippen LogP contribution < -0.4 is 0 Å². The first-order valence-corrected chi connectivity index (χ1v) is 5.61. The number of rotatable bonds is 3. The highest BCUT2D eigenvalue weighted by molar-refractivity contribution is 7.15. The van der Waals surface area contributed by atoms with Crippen molar-refractivity contribution in [3.05, 3.63) is 33.5 Å². The fourth-order valence-corrected chi connectivity index (χ4v) is 2.22. The average molecular weight is 244 g/mol. The Bertz CT molecular complexity index is 454. The third kappa shape index (κ3) is 2.56. The average Bonchev–Trinajstić information content (AvgIpc) is 2.75. The molecule has 6 heteroatoms. The molecule has 80 valence electrons. The van der Waals surface area contributed by atoms with Crippen LogP contribution in [0.2, 0.25) is 4.34 Å². The van der Waals surface area contributed by atoms with Crippen LogP contribution in [0.15, 0.2) is 18.6 Å². The van der Waals surface area contributed by atoms with Crippen molar-refractivity contribution < 1.29 is 5.11 Å². The van der Waals surface area contributed by atoms with Gasteiger partial charge in [-0.05, 0) is 5.56 Å². The Morgan fingerprint density at radius 3 is 2.93 bits per heavy atom. The summed E-state index contributed by atoms with van der Waals surface area (Å²) >= 11 is 7.04. The van der Waals surface area contributed by atoms with Crippen molar-refractivity contribution in [2.75, 3.05) is 0 Å². The molecule has 0 fully saturated rings. The summed E-state index contributed by atoms with van der Waals surface area (Å²) in [6.45, 7) is 0. The Labute approximate surface area is 96.1 Å². The third-order valence-corrected chi connectivity index (χ3v) is 3.18. The summed E-state index contributed by atoms with van der Waals surface area (Å²) in [6.07, 6.45) is 5.06. The number of nitrogens with zero attached hydrogens (tertiary/aromatic N) is 3. The number of aliphatic hydroxyl groups excluding tert-OH is 1. The van der Waals surface area contributed by atoms with Gasteiger partial charge in [0.1, 0.15) is 15.4 Å². The maximum absolute atomic E-state index is 9.85. The van der Waals surface area contributed by atoms with Gasteiger partial charge in [0, 0.05) is 19.7 Å². The standard InChI is InChI=1S/C9H10ClN3OS/c1-13-5-6(3-12-13)2-7(14)9-11-4-8(10)15-9/h3-5,7,14H,2H2,1H3. The van der Waals surface area contributed by atoms with Crippen LogP contribution in [0.1, 0.15) is 16.7 Å². The minimum Gasteiger partial charge on any atom is -0.386 e. The van der Waals surface area contributed by atoms with E-state index in [1.807, 2.05) is 13.2 Å². The van der Waals surface area contributed by atoms with E-state index in [4.69, 9.17) is 11.6 Å². The summed E-state index contributed by atoms with van der Waals surface area (Å²) in [5, 5.41) is 14.5. The molecular weight excluding hydrogens is 234 g/mol. The van der Waals surface area contributed by atoms with Gasteiger partial charge < -0.3 is 5.11 Å². The second-order valence-electron chi connectivity index (χ2n) is 3.24. The molecule has 1 atom stereocenters. The summed E-state index contributed by atoms with van der Waals surface area (Å²) in [7, 11) is 1.84. The van der Waals surface area contributed by atoms with Crippen molar-refractivity contribution in [3.63, 3.8) is 0 Å². The molecule has 0 spiro atoms. The molecule has 15 heavy (non-hydrogen) atoms. The highest BCUT2D eigenvalue weighted by Gasteiger charge is 2.13. The van der Waals surface area contributed by atoms with Gasteiger partial charge in [0.05, 0.1) is 12.4 Å². The summed E-state index contributed by atoms with van der Waals surface area (Å²) in [5.74, 6) is 0. The van der Waals surface area contributed by atoms with E-state index in [9.17, 15) is 5.11 Å². The van der Waals surface area contributed by atoms with Crippen molar-refractivity contribution in [3.8, 4) is 0 Å². The van der Waals surface area contributed by atoms with Gasteiger partial charge in [-0.25, -0.2) is 4.98 Å². The van der Waals surface area contributed by atoms with E-state index in [-0.39, 0.29) is 0 Å². The molecule has 2 aromatic rings. The first-order chi connectivity index (χ1) is 7.15. The van der Waals surface area contributed by atoms with Crippen LogP contribution in [0.5, 0.6) is 0 Å². The van der Waals surface area contributed by atoms with Crippen LogP contribution in [0, 0.1) is 0 Å². The summed E-state index contributed by atoms with van der Waals surface area (Å²) in [4.78, 5) is 4.03. The van der Waals surface area contributed by atoms with Crippen molar-refractivity contribution in [2.24, 2.45) is 7.05 Å². The quantitative estimate of drug-likeness (QED) is 0.895. The predicted octanol–water partition coefficient (Wildman–Crippen LogP) is 1.81. The predicted molar refractivity (Wildman–Crippen MR) is 59.0 cm³/mol. The highest BCUT2D eigenvalue weighted by atomic mass is 35.5. The Balaban J connectivity index is 2.06. The lowest BCUT2D eigenvalue weighted by Gasteiger charge is -2.04. The van der Waals surface area contributed by atoms with Gasteiger partial charge in [0.2, 0.25) is 0 Å².